The second-order valence-corrected chi connectivity index (χ2v) is 3.34. The van der Waals surface area contributed by atoms with Crippen LogP contribution in [0.2, 0.25) is 0 Å². The molecule has 0 aliphatic rings. The Morgan fingerprint density at radius 3 is 2.60 bits per heavy atom. The Balaban J connectivity index is 3.09. The van der Waals surface area contributed by atoms with Gasteiger partial charge >= 0.3 is 0 Å². The molecular formula is C9H11Br. The van der Waals surface area contributed by atoms with Gasteiger partial charge in [0, 0.05) is 4.47 Å². The second-order valence-electron chi connectivity index (χ2n) is 2.42. The first kappa shape index (κ1) is 7.80. The van der Waals surface area contributed by atoms with Crippen LogP contribution in [0.1, 0.15) is 18.1 Å². The summed E-state index contributed by atoms with van der Waals surface area (Å²) in [5.41, 5.74) is 2.81. The summed E-state index contributed by atoms with van der Waals surface area (Å²) in [5, 5.41) is 0. The summed E-state index contributed by atoms with van der Waals surface area (Å²) in [7, 11) is 0. The molecule has 0 aliphatic carbocycles. The van der Waals surface area contributed by atoms with Crippen molar-refractivity contribution in [1.29, 1.82) is 0 Å². The highest BCUT2D eigenvalue weighted by Crippen LogP contribution is 2.15. The van der Waals surface area contributed by atoms with Crippen LogP contribution in [0.5, 0.6) is 0 Å². The summed E-state index contributed by atoms with van der Waals surface area (Å²) in [6.45, 7) is 4.32. The van der Waals surface area contributed by atoms with Gasteiger partial charge in [0.2, 0.25) is 0 Å². The van der Waals surface area contributed by atoms with Crippen molar-refractivity contribution in [3.8, 4) is 0 Å². The molecule has 0 aromatic heterocycles. The fourth-order valence-corrected chi connectivity index (χ4v) is 1.43. The number of halogens is 1. The SMILES string of the molecule is CCc1cc(Br)ccc1C. The lowest BCUT2D eigenvalue weighted by molar-refractivity contribution is 1.11. The molecule has 0 saturated heterocycles. The zero-order chi connectivity index (χ0) is 7.56. The predicted molar refractivity (Wildman–Crippen MR) is 48.3 cm³/mol. The van der Waals surface area contributed by atoms with Crippen LogP contribution >= 0.6 is 15.9 Å². The van der Waals surface area contributed by atoms with Crippen molar-refractivity contribution in [1.82, 2.24) is 0 Å². The van der Waals surface area contributed by atoms with E-state index >= 15 is 0 Å². The first-order valence-corrected chi connectivity index (χ1v) is 4.28. The molecule has 1 heteroatoms. The van der Waals surface area contributed by atoms with Gasteiger partial charge in [0.15, 0.2) is 0 Å². The summed E-state index contributed by atoms with van der Waals surface area (Å²) in [6.07, 6.45) is 1.12. The zero-order valence-corrected chi connectivity index (χ0v) is 7.90. The lowest BCUT2D eigenvalue weighted by Crippen LogP contribution is -1.84. The minimum absolute atomic E-state index is 1.12. The molecule has 0 unspecified atom stereocenters. The summed E-state index contributed by atoms with van der Waals surface area (Å²) >= 11 is 3.44. The first-order chi connectivity index (χ1) is 4.74. The Labute approximate surface area is 70.4 Å². The van der Waals surface area contributed by atoms with Gasteiger partial charge in [0.05, 0.1) is 0 Å². The minimum atomic E-state index is 1.12. The third-order valence-corrected chi connectivity index (χ3v) is 2.19. The Bertz CT molecular complexity index is 228. The van der Waals surface area contributed by atoms with Gasteiger partial charge in [-0.25, -0.2) is 0 Å². The number of rotatable bonds is 1. The van der Waals surface area contributed by atoms with Gasteiger partial charge in [-0.3, -0.25) is 0 Å². The van der Waals surface area contributed by atoms with Crippen molar-refractivity contribution in [2.24, 2.45) is 0 Å². The quantitative estimate of drug-likeness (QED) is 0.650. The molecule has 54 valence electrons. The van der Waals surface area contributed by atoms with Crippen LogP contribution in [0.3, 0.4) is 0 Å². The molecule has 0 spiro atoms. The Kier molecular flexibility index (Phi) is 2.50. The van der Waals surface area contributed by atoms with Gasteiger partial charge in [0.25, 0.3) is 0 Å². The van der Waals surface area contributed by atoms with Crippen molar-refractivity contribution in [2.75, 3.05) is 0 Å². The molecule has 0 saturated carbocycles. The van der Waals surface area contributed by atoms with E-state index in [1.165, 1.54) is 15.6 Å². The molecule has 0 fully saturated rings. The van der Waals surface area contributed by atoms with Gasteiger partial charge in [-0.1, -0.05) is 28.9 Å². The van der Waals surface area contributed by atoms with E-state index in [9.17, 15) is 0 Å². The predicted octanol–water partition coefficient (Wildman–Crippen LogP) is 3.32. The van der Waals surface area contributed by atoms with E-state index in [2.05, 4.69) is 48.0 Å². The molecule has 0 amide bonds. The van der Waals surface area contributed by atoms with Crippen LogP contribution in [0, 0.1) is 6.92 Å². The fourth-order valence-electron chi connectivity index (χ4n) is 1.02. The summed E-state index contributed by atoms with van der Waals surface area (Å²) in [4.78, 5) is 0. The van der Waals surface area contributed by atoms with Gasteiger partial charge in [-0.2, -0.15) is 0 Å². The number of benzene rings is 1. The topological polar surface area (TPSA) is 0 Å². The number of aryl methyl sites for hydroxylation is 2. The van der Waals surface area contributed by atoms with Crippen molar-refractivity contribution < 1.29 is 0 Å². The first-order valence-electron chi connectivity index (χ1n) is 3.49. The fraction of sp³-hybridized carbons (Fsp3) is 0.333. The Morgan fingerprint density at radius 2 is 2.10 bits per heavy atom. The summed E-state index contributed by atoms with van der Waals surface area (Å²) in [5.74, 6) is 0. The third-order valence-electron chi connectivity index (χ3n) is 1.69. The average Bonchev–Trinajstić information content (AvgIpc) is 1.94. The Morgan fingerprint density at radius 1 is 1.40 bits per heavy atom. The van der Waals surface area contributed by atoms with Crippen LogP contribution < -0.4 is 0 Å². The molecule has 0 heterocycles. The lowest BCUT2D eigenvalue weighted by atomic mass is 10.1. The van der Waals surface area contributed by atoms with Gasteiger partial charge < -0.3 is 0 Å². The smallest absolute Gasteiger partial charge is 0.0178 e. The molecule has 0 radical (unpaired) electrons. The lowest BCUT2D eigenvalue weighted by Gasteiger charge is -2.01. The van der Waals surface area contributed by atoms with E-state index in [4.69, 9.17) is 0 Å². The molecule has 0 atom stereocenters. The third kappa shape index (κ3) is 1.60. The molecule has 0 N–H and O–H groups in total. The molecule has 1 aromatic rings. The monoisotopic (exact) mass is 198 g/mol. The van der Waals surface area contributed by atoms with Crippen molar-refractivity contribution >= 4 is 15.9 Å². The summed E-state index contributed by atoms with van der Waals surface area (Å²) < 4.78 is 1.18. The standard InChI is InChI=1S/C9H11Br/c1-3-8-6-9(10)5-4-7(8)2/h4-6H,3H2,1-2H3. The van der Waals surface area contributed by atoms with Crippen LogP contribution in [0.25, 0.3) is 0 Å². The van der Waals surface area contributed by atoms with Crippen molar-refractivity contribution in [3.63, 3.8) is 0 Å². The van der Waals surface area contributed by atoms with Crippen LogP contribution in [0.4, 0.5) is 0 Å². The molecule has 0 aliphatic heterocycles. The molecule has 10 heavy (non-hydrogen) atoms. The zero-order valence-electron chi connectivity index (χ0n) is 6.32. The van der Waals surface area contributed by atoms with Crippen molar-refractivity contribution in [2.45, 2.75) is 20.3 Å². The van der Waals surface area contributed by atoms with E-state index in [0.29, 0.717) is 0 Å². The van der Waals surface area contributed by atoms with Crippen LogP contribution in [-0.4, -0.2) is 0 Å². The minimum Gasteiger partial charge on any atom is -0.0613 e. The van der Waals surface area contributed by atoms with Gasteiger partial charge in [-0.05, 0) is 36.6 Å². The van der Waals surface area contributed by atoms with Gasteiger partial charge in [0.1, 0.15) is 0 Å². The molecule has 1 aromatic carbocycles. The maximum atomic E-state index is 3.44. The van der Waals surface area contributed by atoms with E-state index in [-0.39, 0.29) is 0 Å². The van der Waals surface area contributed by atoms with E-state index in [1.54, 1.807) is 0 Å². The summed E-state index contributed by atoms with van der Waals surface area (Å²) in [6, 6.07) is 6.40. The molecule has 1 rings (SSSR count). The van der Waals surface area contributed by atoms with Crippen molar-refractivity contribution in [3.05, 3.63) is 33.8 Å². The largest absolute Gasteiger partial charge is 0.0613 e. The highest BCUT2D eigenvalue weighted by Gasteiger charge is 1.94. The average molecular weight is 199 g/mol. The van der Waals surface area contributed by atoms with E-state index in [0.717, 1.165) is 6.42 Å². The van der Waals surface area contributed by atoms with Crippen LogP contribution in [0.15, 0.2) is 22.7 Å². The van der Waals surface area contributed by atoms with E-state index < -0.39 is 0 Å². The number of hydrogen-bond donors (Lipinski definition) is 0. The molecule has 0 nitrogen and oxygen atoms in total. The Hall–Kier alpha value is -0.300. The second kappa shape index (κ2) is 3.20. The highest BCUT2D eigenvalue weighted by molar-refractivity contribution is 9.10. The molecular weight excluding hydrogens is 188 g/mol. The number of hydrogen-bond acceptors (Lipinski definition) is 0. The maximum Gasteiger partial charge on any atom is 0.0178 e. The van der Waals surface area contributed by atoms with Crippen LogP contribution in [-0.2, 0) is 6.42 Å². The highest BCUT2D eigenvalue weighted by atomic mass is 79.9. The van der Waals surface area contributed by atoms with E-state index in [1.807, 2.05) is 0 Å². The van der Waals surface area contributed by atoms with Gasteiger partial charge in [-0.15, -0.1) is 0 Å². The normalized spacial score (nSPS) is 9.90. The molecule has 0 bridgehead atoms. The maximum absolute atomic E-state index is 3.44.